The summed E-state index contributed by atoms with van der Waals surface area (Å²) in [6, 6.07) is 24.8. The van der Waals surface area contributed by atoms with Gasteiger partial charge in [-0.25, -0.2) is 0 Å². The fourth-order valence-corrected chi connectivity index (χ4v) is 6.09. The van der Waals surface area contributed by atoms with Crippen LogP contribution in [-0.4, -0.2) is 30.9 Å². The van der Waals surface area contributed by atoms with Crippen LogP contribution in [0.5, 0.6) is 0 Å². The quantitative estimate of drug-likeness (QED) is 0.331. The number of halogens is 1. The number of hydrogen-bond donors (Lipinski definition) is 0. The van der Waals surface area contributed by atoms with Crippen LogP contribution in [0, 0.1) is 5.41 Å². The first kappa shape index (κ1) is 25.0. The number of amides is 1. The van der Waals surface area contributed by atoms with Crippen molar-refractivity contribution in [1.82, 2.24) is 4.90 Å². The third kappa shape index (κ3) is 6.02. The van der Waals surface area contributed by atoms with Crippen molar-refractivity contribution >= 4 is 23.2 Å². The number of benzene rings is 3. The largest absolute Gasteiger partial charge is 0.315 e. The molecule has 1 amide bonds. The Balaban J connectivity index is 1.09. The van der Waals surface area contributed by atoms with Crippen molar-refractivity contribution in [3.8, 4) is 11.1 Å². The number of carbonyl (C=O) groups is 1. The molecule has 1 spiro atoms. The summed E-state index contributed by atoms with van der Waals surface area (Å²) in [6.07, 6.45) is 9.82. The lowest BCUT2D eigenvalue weighted by atomic mass is 9.77. The zero-order valence-electron chi connectivity index (χ0n) is 21.4. The molecule has 0 unspecified atom stereocenters. The van der Waals surface area contributed by atoms with Gasteiger partial charge in [-0.3, -0.25) is 9.69 Å². The predicted octanol–water partition coefficient (Wildman–Crippen LogP) is 7.76. The molecule has 1 saturated carbocycles. The van der Waals surface area contributed by atoms with E-state index in [1.165, 1.54) is 62.7 Å². The number of likely N-dealkylation sites (tertiary alicyclic amines) is 1. The highest BCUT2D eigenvalue weighted by Crippen LogP contribution is 2.46. The van der Waals surface area contributed by atoms with Crippen molar-refractivity contribution in [2.75, 3.05) is 25.0 Å². The molecule has 3 aromatic carbocycles. The second-order valence-electron chi connectivity index (χ2n) is 10.8. The van der Waals surface area contributed by atoms with Gasteiger partial charge < -0.3 is 4.90 Å². The fraction of sp³-hybridized carbons (Fsp3) is 0.406. The van der Waals surface area contributed by atoms with Gasteiger partial charge in [0.1, 0.15) is 0 Å². The molecule has 188 valence electrons. The van der Waals surface area contributed by atoms with Crippen LogP contribution in [0.25, 0.3) is 11.1 Å². The summed E-state index contributed by atoms with van der Waals surface area (Å²) in [7, 11) is 1.86. The minimum Gasteiger partial charge on any atom is -0.315 e. The Morgan fingerprint density at radius 3 is 1.97 bits per heavy atom. The summed E-state index contributed by atoms with van der Waals surface area (Å²) in [5.74, 6) is 0.132. The van der Waals surface area contributed by atoms with Crippen LogP contribution in [0.2, 0.25) is 5.02 Å². The van der Waals surface area contributed by atoms with Crippen molar-refractivity contribution in [3.05, 3.63) is 88.9 Å². The third-order valence-electron chi connectivity index (χ3n) is 8.44. The van der Waals surface area contributed by atoms with E-state index in [1.54, 1.807) is 4.90 Å². The van der Waals surface area contributed by atoms with E-state index in [0.717, 1.165) is 34.8 Å². The van der Waals surface area contributed by atoms with Gasteiger partial charge in [0.05, 0.1) is 0 Å². The van der Waals surface area contributed by atoms with Crippen molar-refractivity contribution in [1.29, 1.82) is 0 Å². The molecule has 36 heavy (non-hydrogen) atoms. The SMILES string of the molecule is CN(C(=O)CCc1ccc(CN2CCC3(CCCC3)CC2)cc1)c1ccc(-c2ccc(Cl)cc2)cc1. The number of nitrogens with zero attached hydrogens (tertiary/aromatic N) is 2. The zero-order chi connectivity index (χ0) is 25.0. The number of aryl methyl sites for hydroxylation is 1. The number of piperidine rings is 1. The summed E-state index contributed by atoms with van der Waals surface area (Å²) < 4.78 is 0. The number of rotatable bonds is 7. The summed E-state index contributed by atoms with van der Waals surface area (Å²) in [5, 5.41) is 0.731. The maximum atomic E-state index is 12.8. The topological polar surface area (TPSA) is 23.6 Å². The first-order valence-corrected chi connectivity index (χ1v) is 13.8. The maximum absolute atomic E-state index is 12.8. The van der Waals surface area contributed by atoms with E-state index < -0.39 is 0 Å². The Kier molecular flexibility index (Phi) is 7.79. The van der Waals surface area contributed by atoms with E-state index in [-0.39, 0.29) is 5.91 Å². The van der Waals surface area contributed by atoms with Crippen molar-refractivity contribution < 1.29 is 4.79 Å². The molecule has 2 fully saturated rings. The average Bonchev–Trinajstić information content (AvgIpc) is 3.37. The van der Waals surface area contributed by atoms with Gasteiger partial charge in [0.2, 0.25) is 5.91 Å². The Labute approximate surface area is 221 Å². The summed E-state index contributed by atoms with van der Waals surface area (Å²) in [4.78, 5) is 17.2. The van der Waals surface area contributed by atoms with Crippen LogP contribution in [0.15, 0.2) is 72.8 Å². The van der Waals surface area contributed by atoms with E-state index in [9.17, 15) is 4.79 Å². The molecule has 1 aliphatic heterocycles. The van der Waals surface area contributed by atoms with E-state index in [2.05, 4.69) is 41.3 Å². The fourth-order valence-electron chi connectivity index (χ4n) is 5.96. The molecular weight excluding hydrogens is 464 g/mol. The van der Waals surface area contributed by atoms with Gasteiger partial charge in [-0.2, -0.15) is 0 Å². The van der Waals surface area contributed by atoms with Crippen LogP contribution >= 0.6 is 11.6 Å². The minimum absolute atomic E-state index is 0.132. The molecule has 5 rings (SSSR count). The van der Waals surface area contributed by atoms with E-state index in [4.69, 9.17) is 11.6 Å². The highest BCUT2D eigenvalue weighted by atomic mass is 35.5. The first-order chi connectivity index (χ1) is 17.5. The molecule has 0 radical (unpaired) electrons. The highest BCUT2D eigenvalue weighted by Gasteiger charge is 2.36. The number of anilines is 1. The summed E-state index contributed by atoms with van der Waals surface area (Å²) in [5.41, 5.74) is 6.42. The predicted molar refractivity (Wildman–Crippen MR) is 150 cm³/mol. The lowest BCUT2D eigenvalue weighted by molar-refractivity contribution is -0.118. The third-order valence-corrected chi connectivity index (χ3v) is 8.70. The molecule has 0 aromatic heterocycles. The van der Waals surface area contributed by atoms with Gasteiger partial charge in [-0.15, -0.1) is 0 Å². The Morgan fingerprint density at radius 1 is 0.806 bits per heavy atom. The normalized spacial score (nSPS) is 17.4. The van der Waals surface area contributed by atoms with E-state index in [1.807, 2.05) is 43.4 Å². The summed E-state index contributed by atoms with van der Waals surface area (Å²) in [6.45, 7) is 3.52. The number of hydrogen-bond acceptors (Lipinski definition) is 2. The van der Waals surface area contributed by atoms with Crippen molar-refractivity contribution in [2.24, 2.45) is 5.41 Å². The van der Waals surface area contributed by atoms with Gasteiger partial charge in [0.25, 0.3) is 0 Å². The van der Waals surface area contributed by atoms with Gasteiger partial charge in [0.15, 0.2) is 0 Å². The molecule has 0 bridgehead atoms. The Bertz CT molecular complexity index is 1140. The molecule has 2 aliphatic rings. The lowest BCUT2D eigenvalue weighted by Gasteiger charge is -2.39. The van der Waals surface area contributed by atoms with Crippen LogP contribution < -0.4 is 4.90 Å². The molecule has 1 aliphatic carbocycles. The van der Waals surface area contributed by atoms with Crippen molar-refractivity contribution in [3.63, 3.8) is 0 Å². The van der Waals surface area contributed by atoms with Crippen LogP contribution in [0.3, 0.4) is 0 Å². The summed E-state index contributed by atoms with van der Waals surface area (Å²) >= 11 is 6.00. The molecule has 4 heteroatoms. The monoisotopic (exact) mass is 500 g/mol. The lowest BCUT2D eigenvalue weighted by Crippen LogP contribution is -2.38. The van der Waals surface area contributed by atoms with Crippen molar-refractivity contribution in [2.45, 2.75) is 57.9 Å². The van der Waals surface area contributed by atoms with Gasteiger partial charge in [0, 0.05) is 30.7 Å². The highest BCUT2D eigenvalue weighted by molar-refractivity contribution is 6.30. The van der Waals surface area contributed by atoms with Gasteiger partial charge in [-0.1, -0.05) is 73.0 Å². The molecule has 0 atom stereocenters. The second kappa shape index (κ2) is 11.2. The molecule has 3 nitrogen and oxygen atoms in total. The smallest absolute Gasteiger partial charge is 0.227 e. The molecule has 1 heterocycles. The van der Waals surface area contributed by atoms with Gasteiger partial charge >= 0.3 is 0 Å². The molecule has 0 N–H and O–H groups in total. The average molecular weight is 501 g/mol. The van der Waals surface area contributed by atoms with E-state index >= 15 is 0 Å². The Morgan fingerprint density at radius 2 is 1.36 bits per heavy atom. The molecule has 1 saturated heterocycles. The Hall–Kier alpha value is -2.62. The second-order valence-corrected chi connectivity index (χ2v) is 11.2. The van der Waals surface area contributed by atoms with Crippen LogP contribution in [0.4, 0.5) is 5.69 Å². The zero-order valence-corrected chi connectivity index (χ0v) is 22.1. The number of carbonyl (C=O) groups excluding carboxylic acids is 1. The van der Waals surface area contributed by atoms with Crippen LogP contribution in [-0.2, 0) is 17.8 Å². The molecule has 3 aromatic rings. The first-order valence-electron chi connectivity index (χ1n) is 13.4. The minimum atomic E-state index is 0.132. The maximum Gasteiger partial charge on any atom is 0.227 e. The van der Waals surface area contributed by atoms with Gasteiger partial charge in [-0.05, 0) is 97.1 Å². The van der Waals surface area contributed by atoms with E-state index in [0.29, 0.717) is 11.8 Å². The van der Waals surface area contributed by atoms with Crippen LogP contribution in [0.1, 0.15) is 56.1 Å². The standard InChI is InChI=1S/C32H37ClN2O/c1-34(30-15-11-28(12-16-30)27-9-13-29(33)14-10-27)31(36)17-8-25-4-6-26(7-5-25)24-35-22-20-32(21-23-35)18-2-3-19-32/h4-7,9-16H,2-3,8,17-24H2,1H3. The molecular formula is C32H37ClN2O.